The average molecular weight is 259 g/mol. The molecule has 0 fully saturated rings. The second kappa shape index (κ2) is 7.51. The van der Waals surface area contributed by atoms with Crippen molar-refractivity contribution < 1.29 is 0 Å². The fourth-order valence-corrected chi connectivity index (χ4v) is 3.09. The largest absolute Gasteiger partial charge is 0.309 e. The van der Waals surface area contributed by atoms with Crippen LogP contribution in [0.5, 0.6) is 0 Å². The minimum atomic E-state index is 0.537. The van der Waals surface area contributed by atoms with Crippen LogP contribution in [-0.4, -0.2) is 18.1 Å². The molecule has 0 aromatic heterocycles. The predicted octanol–water partition coefficient (Wildman–Crippen LogP) is 3.41. The van der Waals surface area contributed by atoms with Crippen molar-refractivity contribution in [1.29, 1.82) is 0 Å². The van der Waals surface area contributed by atoms with Gasteiger partial charge in [-0.05, 0) is 30.4 Å². The van der Waals surface area contributed by atoms with Crippen molar-refractivity contribution in [3.63, 3.8) is 0 Å². The summed E-state index contributed by atoms with van der Waals surface area (Å²) in [5.74, 6) is 4.59. The zero-order chi connectivity index (χ0) is 12.6. The van der Waals surface area contributed by atoms with Gasteiger partial charge in [-0.3, -0.25) is 0 Å². The first kappa shape index (κ1) is 13.5. The molecule has 0 aliphatic heterocycles. The van der Waals surface area contributed by atoms with E-state index in [-0.39, 0.29) is 0 Å². The second-order valence-corrected chi connectivity index (χ2v) is 5.81. The number of terminal acetylenes is 1. The zero-order valence-electron chi connectivity index (χ0n) is 10.8. The molecule has 2 rings (SSSR count). The number of aryl methyl sites for hydroxylation is 1. The Morgan fingerprint density at radius 3 is 3.11 bits per heavy atom. The highest BCUT2D eigenvalue weighted by molar-refractivity contribution is 7.99. The molecule has 1 aromatic carbocycles. The Kier molecular flexibility index (Phi) is 5.64. The van der Waals surface area contributed by atoms with Gasteiger partial charge in [0.05, 0.1) is 5.75 Å². The van der Waals surface area contributed by atoms with Crippen LogP contribution in [0.1, 0.15) is 36.4 Å². The molecule has 0 radical (unpaired) electrons. The first-order valence-corrected chi connectivity index (χ1v) is 7.89. The van der Waals surface area contributed by atoms with Gasteiger partial charge in [-0.25, -0.2) is 0 Å². The molecule has 0 saturated heterocycles. The van der Waals surface area contributed by atoms with Crippen molar-refractivity contribution in [3.05, 3.63) is 35.4 Å². The van der Waals surface area contributed by atoms with E-state index in [0.717, 1.165) is 18.1 Å². The number of nitrogens with one attached hydrogen (secondary N) is 1. The Hall–Kier alpha value is -0.910. The maximum Gasteiger partial charge on any atom is 0.0545 e. The van der Waals surface area contributed by atoms with Crippen LogP contribution in [0.3, 0.4) is 0 Å². The third kappa shape index (κ3) is 3.80. The molecule has 0 amide bonds. The molecule has 0 spiro atoms. The molecule has 0 heterocycles. The lowest BCUT2D eigenvalue weighted by molar-refractivity contribution is 0.505. The van der Waals surface area contributed by atoms with Gasteiger partial charge >= 0.3 is 0 Å². The smallest absolute Gasteiger partial charge is 0.0545 e. The van der Waals surface area contributed by atoms with Gasteiger partial charge < -0.3 is 5.32 Å². The van der Waals surface area contributed by atoms with E-state index in [1.807, 2.05) is 11.8 Å². The summed E-state index contributed by atoms with van der Waals surface area (Å²) in [6.45, 7) is 1.05. The van der Waals surface area contributed by atoms with Crippen molar-refractivity contribution in [2.24, 2.45) is 0 Å². The standard InChI is InChI=1S/C16H21NS/c1-2-12-18-13-11-17-16-10-6-4-8-14-7-3-5-9-15(14)16/h1,3,5,7,9,16-17H,4,6,8,10-13H2. The minimum Gasteiger partial charge on any atom is -0.309 e. The first-order chi connectivity index (χ1) is 8.92. The summed E-state index contributed by atoms with van der Waals surface area (Å²) in [5.41, 5.74) is 3.04. The van der Waals surface area contributed by atoms with Crippen LogP contribution in [0.4, 0.5) is 0 Å². The van der Waals surface area contributed by atoms with Gasteiger partial charge in [-0.1, -0.05) is 36.6 Å². The molecule has 96 valence electrons. The Morgan fingerprint density at radius 1 is 1.33 bits per heavy atom. The van der Waals surface area contributed by atoms with Gasteiger partial charge in [0.15, 0.2) is 0 Å². The van der Waals surface area contributed by atoms with Gasteiger partial charge in [-0.2, -0.15) is 0 Å². The molecule has 1 aliphatic rings. The van der Waals surface area contributed by atoms with Crippen LogP contribution < -0.4 is 5.32 Å². The van der Waals surface area contributed by atoms with Crippen molar-refractivity contribution in [3.8, 4) is 12.3 Å². The van der Waals surface area contributed by atoms with Crippen LogP contribution in [0.15, 0.2) is 24.3 Å². The van der Waals surface area contributed by atoms with Crippen LogP contribution >= 0.6 is 11.8 Å². The van der Waals surface area contributed by atoms with Gasteiger partial charge in [0.25, 0.3) is 0 Å². The van der Waals surface area contributed by atoms with Crippen molar-refractivity contribution >= 4 is 11.8 Å². The Balaban J connectivity index is 1.90. The summed E-state index contributed by atoms with van der Waals surface area (Å²) >= 11 is 1.83. The van der Waals surface area contributed by atoms with Crippen molar-refractivity contribution in [2.45, 2.75) is 31.7 Å². The van der Waals surface area contributed by atoms with E-state index < -0.39 is 0 Å². The number of fused-ring (bicyclic) bond motifs is 1. The Morgan fingerprint density at radius 2 is 2.22 bits per heavy atom. The summed E-state index contributed by atoms with van der Waals surface area (Å²) in [7, 11) is 0. The quantitative estimate of drug-likeness (QED) is 0.494. The zero-order valence-corrected chi connectivity index (χ0v) is 11.6. The number of hydrogen-bond donors (Lipinski definition) is 1. The van der Waals surface area contributed by atoms with Crippen LogP contribution in [0.25, 0.3) is 0 Å². The Labute approximate surface area is 115 Å². The summed E-state index contributed by atoms with van der Waals surface area (Å²) < 4.78 is 0. The second-order valence-electron chi connectivity index (χ2n) is 4.71. The highest BCUT2D eigenvalue weighted by atomic mass is 32.2. The average Bonchev–Trinajstić information content (AvgIpc) is 2.61. The molecule has 18 heavy (non-hydrogen) atoms. The monoisotopic (exact) mass is 259 g/mol. The van der Waals surface area contributed by atoms with E-state index in [1.165, 1.54) is 36.8 Å². The van der Waals surface area contributed by atoms with E-state index in [1.54, 1.807) is 0 Å². The summed E-state index contributed by atoms with van der Waals surface area (Å²) in [6, 6.07) is 9.42. The molecule has 1 aliphatic carbocycles. The first-order valence-electron chi connectivity index (χ1n) is 6.74. The highest BCUT2D eigenvalue weighted by Crippen LogP contribution is 2.28. The van der Waals surface area contributed by atoms with Crippen LogP contribution in [0, 0.1) is 12.3 Å². The molecule has 1 atom stereocenters. The van der Waals surface area contributed by atoms with E-state index in [4.69, 9.17) is 6.42 Å². The SMILES string of the molecule is C#CCSCCNC1CCCCc2ccccc21. The van der Waals surface area contributed by atoms with Crippen LogP contribution in [-0.2, 0) is 6.42 Å². The minimum absolute atomic E-state index is 0.537. The van der Waals surface area contributed by atoms with E-state index in [0.29, 0.717) is 6.04 Å². The highest BCUT2D eigenvalue weighted by Gasteiger charge is 2.17. The topological polar surface area (TPSA) is 12.0 Å². The lowest BCUT2D eigenvalue weighted by Crippen LogP contribution is -2.24. The molecule has 0 bridgehead atoms. The van der Waals surface area contributed by atoms with E-state index in [2.05, 4.69) is 35.5 Å². The van der Waals surface area contributed by atoms with E-state index >= 15 is 0 Å². The third-order valence-electron chi connectivity index (χ3n) is 3.44. The van der Waals surface area contributed by atoms with Gasteiger partial charge in [0, 0.05) is 18.3 Å². The normalized spacial score (nSPS) is 18.7. The molecule has 1 unspecified atom stereocenters. The lowest BCUT2D eigenvalue weighted by atomic mass is 9.99. The van der Waals surface area contributed by atoms with Crippen LogP contribution in [0.2, 0.25) is 0 Å². The summed E-state index contributed by atoms with van der Waals surface area (Å²) in [6.07, 6.45) is 10.4. The molecular weight excluding hydrogens is 238 g/mol. The van der Waals surface area contributed by atoms with Crippen molar-refractivity contribution in [2.75, 3.05) is 18.1 Å². The molecule has 1 nitrogen and oxygen atoms in total. The number of hydrogen-bond acceptors (Lipinski definition) is 2. The molecule has 0 saturated carbocycles. The van der Waals surface area contributed by atoms with Gasteiger partial charge in [-0.15, -0.1) is 18.2 Å². The third-order valence-corrected chi connectivity index (χ3v) is 4.31. The lowest BCUT2D eigenvalue weighted by Gasteiger charge is -2.19. The fourth-order valence-electron chi connectivity index (χ4n) is 2.57. The number of rotatable bonds is 5. The maximum atomic E-state index is 5.25. The maximum absolute atomic E-state index is 5.25. The van der Waals surface area contributed by atoms with Gasteiger partial charge in [0.2, 0.25) is 0 Å². The molecule has 1 aromatic rings. The molecule has 1 N–H and O–H groups in total. The molecular formula is C16H21NS. The Bertz CT molecular complexity index is 408. The van der Waals surface area contributed by atoms with Crippen molar-refractivity contribution in [1.82, 2.24) is 5.32 Å². The fraction of sp³-hybridized carbons (Fsp3) is 0.500. The number of thioether (sulfide) groups is 1. The molecule has 2 heteroatoms. The summed E-state index contributed by atoms with van der Waals surface area (Å²) in [4.78, 5) is 0. The number of benzene rings is 1. The van der Waals surface area contributed by atoms with Gasteiger partial charge in [0.1, 0.15) is 0 Å². The predicted molar refractivity (Wildman–Crippen MR) is 80.9 cm³/mol. The summed E-state index contributed by atoms with van der Waals surface area (Å²) in [5, 5.41) is 3.69. The van der Waals surface area contributed by atoms with E-state index in [9.17, 15) is 0 Å².